The fourth-order valence-electron chi connectivity index (χ4n) is 5.57. The molecule has 1 unspecified atom stereocenters. The number of amides is 4. The Balaban J connectivity index is 1.09. The van der Waals surface area contributed by atoms with Gasteiger partial charge in [0.2, 0.25) is 0 Å². The number of piperidine rings is 1. The van der Waals surface area contributed by atoms with E-state index in [2.05, 4.69) is 20.5 Å². The van der Waals surface area contributed by atoms with Crippen molar-refractivity contribution in [1.29, 1.82) is 0 Å². The molecule has 0 bridgehead atoms. The van der Waals surface area contributed by atoms with E-state index in [1.807, 2.05) is 45.0 Å². The molecule has 5 rings (SSSR count). The van der Waals surface area contributed by atoms with Gasteiger partial charge in [-0.25, -0.2) is 14.4 Å². The van der Waals surface area contributed by atoms with Crippen LogP contribution in [0.4, 0.5) is 28.6 Å². The van der Waals surface area contributed by atoms with E-state index in [9.17, 15) is 32.3 Å². The van der Waals surface area contributed by atoms with Crippen LogP contribution in [0.3, 0.4) is 0 Å². The Morgan fingerprint density at radius 2 is 1.56 bits per heavy atom. The van der Waals surface area contributed by atoms with Crippen LogP contribution in [-0.2, 0) is 16.1 Å². The summed E-state index contributed by atoms with van der Waals surface area (Å²) in [7, 11) is 0. The third-order valence-electron chi connectivity index (χ3n) is 7.71. The van der Waals surface area contributed by atoms with Gasteiger partial charge in [-0.05, 0) is 56.4 Å². The quantitative estimate of drug-likeness (QED) is 0.536. The lowest BCUT2D eigenvalue weighted by atomic mass is 10.2. The van der Waals surface area contributed by atoms with Gasteiger partial charge in [0.15, 0.2) is 0 Å². The number of nitrogens with one attached hydrogen (secondary N) is 2. The van der Waals surface area contributed by atoms with Gasteiger partial charge >= 0.3 is 29.9 Å². The Morgan fingerprint density at radius 3 is 2.12 bits per heavy atom. The largest absolute Gasteiger partial charge is 0.471 e. The van der Waals surface area contributed by atoms with Crippen molar-refractivity contribution in [3.63, 3.8) is 0 Å². The van der Waals surface area contributed by atoms with Crippen molar-refractivity contribution in [3.8, 4) is 5.69 Å². The Morgan fingerprint density at radius 1 is 0.953 bits per heavy atom. The maximum Gasteiger partial charge on any atom is 0.471 e. The molecule has 3 atom stereocenters. The first-order valence-corrected chi connectivity index (χ1v) is 14.0. The topological polar surface area (TPSA) is 129 Å². The molecule has 0 radical (unpaired) electrons. The minimum Gasteiger partial charge on any atom is -0.444 e. The van der Waals surface area contributed by atoms with Crippen molar-refractivity contribution in [2.75, 3.05) is 44.6 Å². The van der Waals surface area contributed by atoms with E-state index in [4.69, 9.17) is 4.74 Å². The second kappa shape index (κ2) is 11.5. The van der Waals surface area contributed by atoms with E-state index < -0.39 is 29.4 Å². The van der Waals surface area contributed by atoms with E-state index in [-0.39, 0.29) is 44.1 Å². The number of alkyl carbamates (subject to hydrolysis) is 1. The predicted octanol–water partition coefficient (Wildman–Crippen LogP) is 2.43. The van der Waals surface area contributed by atoms with Gasteiger partial charge in [-0.2, -0.15) is 18.2 Å². The van der Waals surface area contributed by atoms with Crippen molar-refractivity contribution < 1.29 is 32.3 Å². The molecular weight excluding hydrogens is 571 g/mol. The number of fused-ring (bicyclic) bond motifs is 1. The molecule has 1 aliphatic carbocycles. The predicted molar refractivity (Wildman–Crippen MR) is 148 cm³/mol. The highest BCUT2D eigenvalue weighted by atomic mass is 19.4. The van der Waals surface area contributed by atoms with Crippen molar-refractivity contribution in [3.05, 3.63) is 52.6 Å². The monoisotopic (exact) mass is 605 g/mol. The Bertz CT molecular complexity index is 1420. The number of hydrogen-bond acceptors (Lipinski definition) is 7. The number of aromatic nitrogens is 2. The molecule has 12 nitrogen and oxygen atoms in total. The first-order chi connectivity index (χ1) is 20.2. The average molecular weight is 606 g/mol. The van der Waals surface area contributed by atoms with Crippen LogP contribution in [0, 0.1) is 11.8 Å². The summed E-state index contributed by atoms with van der Waals surface area (Å²) < 4.78 is 44.6. The van der Waals surface area contributed by atoms with Gasteiger partial charge in [-0.15, -0.1) is 0 Å². The van der Waals surface area contributed by atoms with E-state index in [0.29, 0.717) is 22.4 Å². The molecule has 2 N–H and O–H groups in total. The van der Waals surface area contributed by atoms with Gasteiger partial charge in [0.05, 0.1) is 5.69 Å². The lowest BCUT2D eigenvalue weighted by Gasteiger charge is -2.34. The van der Waals surface area contributed by atoms with Crippen LogP contribution in [0.2, 0.25) is 0 Å². The van der Waals surface area contributed by atoms with Crippen LogP contribution < -0.4 is 16.3 Å². The molecule has 3 heterocycles. The highest BCUT2D eigenvalue weighted by Gasteiger charge is 2.56. The number of urea groups is 1. The molecule has 1 saturated carbocycles. The van der Waals surface area contributed by atoms with Gasteiger partial charge in [0, 0.05) is 58.1 Å². The number of rotatable bonds is 5. The molecular formula is C28H34F3N7O5. The lowest BCUT2D eigenvalue weighted by molar-refractivity contribution is -0.186. The second-order valence-electron chi connectivity index (χ2n) is 12.0. The highest BCUT2D eigenvalue weighted by Crippen LogP contribution is 2.46. The number of likely N-dealkylation sites (tertiary alicyclic amines) is 1. The van der Waals surface area contributed by atoms with Gasteiger partial charge in [0.1, 0.15) is 11.4 Å². The number of alkyl halides is 3. The second-order valence-corrected chi connectivity index (χ2v) is 12.0. The highest BCUT2D eigenvalue weighted by molar-refractivity contribution is 5.88. The summed E-state index contributed by atoms with van der Waals surface area (Å²) in [6.45, 7) is 7.34. The number of halogens is 3. The number of carbonyl (C=O) groups is 3. The average Bonchev–Trinajstić information content (AvgIpc) is 3.34. The van der Waals surface area contributed by atoms with E-state index in [1.54, 1.807) is 0 Å². The first kappa shape index (κ1) is 30.3. The number of nitrogens with zero attached hydrogens (tertiary/aromatic N) is 5. The molecule has 232 valence electrons. The molecule has 43 heavy (non-hydrogen) atoms. The Hall–Kier alpha value is -4.14. The fraction of sp³-hybridized carbons (Fsp3) is 0.536. The summed E-state index contributed by atoms with van der Waals surface area (Å²) in [5.41, 5.74) is 0.521. The molecule has 3 fully saturated rings. The van der Waals surface area contributed by atoms with Crippen LogP contribution in [0.1, 0.15) is 26.3 Å². The molecule has 0 spiro atoms. The molecule has 1 aromatic heterocycles. The minimum atomic E-state index is -4.96. The lowest BCUT2D eigenvalue weighted by Crippen LogP contribution is -2.54. The third-order valence-corrected chi connectivity index (χ3v) is 7.71. The summed E-state index contributed by atoms with van der Waals surface area (Å²) in [5, 5.41) is 5.46. The van der Waals surface area contributed by atoms with Crippen molar-refractivity contribution in [2.45, 2.75) is 45.1 Å². The summed E-state index contributed by atoms with van der Waals surface area (Å²) in [6, 6.07) is 8.46. The minimum absolute atomic E-state index is 0.00345. The van der Waals surface area contributed by atoms with Crippen LogP contribution in [0.5, 0.6) is 0 Å². The number of anilines is 1. The van der Waals surface area contributed by atoms with Crippen molar-refractivity contribution in [1.82, 2.24) is 29.6 Å². The molecule has 15 heteroatoms. The van der Waals surface area contributed by atoms with E-state index in [0.717, 1.165) is 25.2 Å². The molecule has 2 aromatic rings. The van der Waals surface area contributed by atoms with Crippen molar-refractivity contribution >= 4 is 23.8 Å². The third kappa shape index (κ3) is 7.27. The van der Waals surface area contributed by atoms with Gasteiger partial charge in [0.25, 0.3) is 0 Å². The Kier molecular flexibility index (Phi) is 8.11. The summed E-state index contributed by atoms with van der Waals surface area (Å²) >= 11 is 0. The van der Waals surface area contributed by atoms with E-state index in [1.165, 1.54) is 21.7 Å². The fourth-order valence-corrected chi connectivity index (χ4v) is 5.57. The number of benzene rings is 1. The van der Waals surface area contributed by atoms with E-state index >= 15 is 0 Å². The maximum atomic E-state index is 12.7. The number of ether oxygens (including phenoxy) is 1. The molecule has 3 aliphatic rings. The molecule has 2 aliphatic heterocycles. The van der Waals surface area contributed by atoms with Crippen LogP contribution in [0.25, 0.3) is 5.69 Å². The number of carbonyl (C=O) groups excluding carboxylic acids is 3. The number of hydrogen-bond donors (Lipinski definition) is 2. The standard InChI is InChI=1S/C28H34F3N7O5/c1-27(2,3)43-26(42)34-22-19-15-35(16-20(19)22)14-17-4-6-18(7-5-17)38-9-8-21(33-25(38)41)32-24(40)37-12-10-36(11-13-37)23(39)28(29,30)31/h4-9,19-20,22H,10-16H2,1-3H3,(H,34,42)(H,32,33,40,41)/t19-,20+,22?. The zero-order valence-corrected chi connectivity index (χ0v) is 24.1. The first-order valence-electron chi connectivity index (χ1n) is 14.0. The molecule has 1 aromatic carbocycles. The van der Waals surface area contributed by atoms with Gasteiger partial charge in [-0.3, -0.25) is 19.6 Å². The molecule has 4 amide bonds. The summed E-state index contributed by atoms with van der Waals surface area (Å²) in [6.07, 6.45) is -3.86. The Labute approximate surface area is 245 Å². The summed E-state index contributed by atoms with van der Waals surface area (Å²) in [4.78, 5) is 56.8. The SMILES string of the molecule is CC(C)(C)OC(=O)NC1[C@H]2CN(Cc3ccc(-n4ccc(NC(=O)N5CCN(C(=O)C(F)(F)F)CC5)nc4=O)cc3)C[C@@H]12. The normalized spacial score (nSPS) is 22.1. The number of piperazine rings is 1. The van der Waals surface area contributed by atoms with Crippen molar-refractivity contribution in [2.24, 2.45) is 11.8 Å². The zero-order valence-electron chi connectivity index (χ0n) is 24.1. The maximum absolute atomic E-state index is 12.7. The van der Waals surface area contributed by atoms with Gasteiger partial charge < -0.3 is 19.9 Å². The smallest absolute Gasteiger partial charge is 0.444 e. The summed E-state index contributed by atoms with van der Waals surface area (Å²) in [5.74, 6) is -1.10. The van der Waals surface area contributed by atoms with Gasteiger partial charge in [-0.1, -0.05) is 12.1 Å². The van der Waals surface area contributed by atoms with Crippen LogP contribution in [-0.4, -0.2) is 99.4 Å². The molecule has 2 saturated heterocycles. The van der Waals surface area contributed by atoms with Crippen LogP contribution in [0.15, 0.2) is 41.3 Å². The zero-order chi connectivity index (χ0) is 31.1. The van der Waals surface area contributed by atoms with Crippen LogP contribution >= 0.6 is 0 Å².